The molecule has 31 heavy (non-hydrogen) atoms. The first-order chi connectivity index (χ1) is 14.6. The summed E-state index contributed by atoms with van der Waals surface area (Å²) < 4.78 is 6.43. The van der Waals surface area contributed by atoms with Gasteiger partial charge in [-0.15, -0.1) is 0 Å². The summed E-state index contributed by atoms with van der Waals surface area (Å²) in [6, 6.07) is 15.5. The zero-order valence-corrected chi connectivity index (χ0v) is 19.4. The van der Waals surface area contributed by atoms with E-state index in [1.807, 2.05) is 36.4 Å². The number of aliphatic carboxylic acids is 1. The first-order valence-corrected chi connectivity index (χ1v) is 11.2. The van der Waals surface area contributed by atoms with E-state index >= 15 is 0 Å². The van der Waals surface area contributed by atoms with E-state index in [9.17, 15) is 9.59 Å². The third-order valence-electron chi connectivity index (χ3n) is 4.76. The average molecular weight is 456 g/mol. The molecular formula is C24H25NO4S2. The SMILES string of the molecule is CC(C)(C)c1ccc(Oc2cccc(/C=C3\SC(=S)N(CCCC(=O)O)C3=O)c2)cc1. The molecule has 0 aromatic heterocycles. The van der Waals surface area contributed by atoms with E-state index in [4.69, 9.17) is 22.1 Å². The topological polar surface area (TPSA) is 66.8 Å². The quantitative estimate of drug-likeness (QED) is 0.418. The molecule has 1 N–H and O–H groups in total. The Morgan fingerprint density at radius 2 is 1.87 bits per heavy atom. The minimum atomic E-state index is -0.883. The van der Waals surface area contributed by atoms with Crippen molar-refractivity contribution in [2.75, 3.05) is 6.54 Å². The highest BCUT2D eigenvalue weighted by Gasteiger charge is 2.31. The number of hydrogen-bond donors (Lipinski definition) is 1. The van der Waals surface area contributed by atoms with Crippen LogP contribution in [0.4, 0.5) is 0 Å². The van der Waals surface area contributed by atoms with Gasteiger partial charge in [-0.2, -0.15) is 0 Å². The molecule has 0 atom stereocenters. The van der Waals surface area contributed by atoms with Gasteiger partial charge in [-0.25, -0.2) is 0 Å². The van der Waals surface area contributed by atoms with Gasteiger partial charge in [0.15, 0.2) is 0 Å². The number of thioether (sulfide) groups is 1. The molecule has 1 aliphatic heterocycles. The summed E-state index contributed by atoms with van der Waals surface area (Å²) in [5.41, 5.74) is 2.15. The lowest BCUT2D eigenvalue weighted by Gasteiger charge is -2.19. The van der Waals surface area contributed by atoms with Crippen LogP contribution in [0.2, 0.25) is 0 Å². The minimum absolute atomic E-state index is 0.00617. The van der Waals surface area contributed by atoms with E-state index in [1.54, 1.807) is 6.08 Å². The predicted octanol–water partition coefficient (Wildman–Crippen LogP) is 5.84. The van der Waals surface area contributed by atoms with Crippen molar-refractivity contribution in [1.82, 2.24) is 4.90 Å². The van der Waals surface area contributed by atoms with Crippen molar-refractivity contribution in [3.63, 3.8) is 0 Å². The van der Waals surface area contributed by atoms with Crippen LogP contribution in [-0.4, -0.2) is 32.7 Å². The van der Waals surface area contributed by atoms with Crippen LogP contribution in [0.1, 0.15) is 44.7 Å². The molecule has 0 saturated carbocycles. The second-order valence-corrected chi connectivity index (χ2v) is 9.96. The second-order valence-electron chi connectivity index (χ2n) is 8.28. The van der Waals surface area contributed by atoms with Crippen molar-refractivity contribution in [2.24, 2.45) is 0 Å². The summed E-state index contributed by atoms with van der Waals surface area (Å²) >= 11 is 6.52. The molecule has 3 rings (SSSR count). The standard InChI is InChI=1S/C24H25NO4S2/c1-24(2,3)17-9-11-18(12-10-17)29-19-7-4-6-16(14-19)15-20-22(28)25(23(30)31-20)13-5-8-21(26)27/h4,6-7,9-12,14-15H,5,8,13H2,1-3H3,(H,26,27)/b20-15-. The molecule has 1 fully saturated rings. The fourth-order valence-electron chi connectivity index (χ4n) is 3.06. The van der Waals surface area contributed by atoms with Crippen LogP contribution < -0.4 is 4.74 Å². The van der Waals surface area contributed by atoms with Crippen molar-refractivity contribution in [3.8, 4) is 11.5 Å². The predicted molar refractivity (Wildman–Crippen MR) is 128 cm³/mol. The van der Waals surface area contributed by atoms with Crippen LogP contribution in [0.25, 0.3) is 6.08 Å². The molecule has 0 unspecified atom stereocenters. The van der Waals surface area contributed by atoms with Gasteiger partial charge in [-0.1, -0.05) is 69.0 Å². The number of nitrogens with zero attached hydrogens (tertiary/aromatic N) is 1. The number of thiocarbonyl (C=S) groups is 1. The van der Waals surface area contributed by atoms with Gasteiger partial charge >= 0.3 is 5.97 Å². The maximum absolute atomic E-state index is 12.7. The Balaban J connectivity index is 1.70. The molecular weight excluding hydrogens is 430 g/mol. The zero-order valence-electron chi connectivity index (χ0n) is 17.8. The smallest absolute Gasteiger partial charge is 0.303 e. The van der Waals surface area contributed by atoms with E-state index in [0.29, 0.717) is 27.9 Å². The molecule has 0 radical (unpaired) electrons. The number of rotatable bonds is 7. The molecule has 2 aromatic rings. The summed E-state index contributed by atoms with van der Waals surface area (Å²) in [4.78, 5) is 25.3. The van der Waals surface area contributed by atoms with Crippen LogP contribution in [0.3, 0.4) is 0 Å². The van der Waals surface area contributed by atoms with E-state index in [1.165, 1.54) is 22.2 Å². The number of hydrogen-bond acceptors (Lipinski definition) is 5. The molecule has 2 aromatic carbocycles. The summed E-state index contributed by atoms with van der Waals surface area (Å²) in [7, 11) is 0. The fraction of sp³-hybridized carbons (Fsp3) is 0.292. The highest BCUT2D eigenvalue weighted by atomic mass is 32.2. The van der Waals surface area contributed by atoms with Gasteiger partial charge < -0.3 is 9.84 Å². The van der Waals surface area contributed by atoms with Gasteiger partial charge in [-0.3, -0.25) is 14.5 Å². The number of carbonyl (C=O) groups is 2. The third-order valence-corrected chi connectivity index (χ3v) is 6.14. The van der Waals surface area contributed by atoms with E-state index in [0.717, 1.165) is 11.3 Å². The molecule has 0 spiro atoms. The Labute approximate surface area is 192 Å². The molecule has 1 amide bonds. The van der Waals surface area contributed by atoms with Crippen LogP contribution in [0.15, 0.2) is 53.4 Å². The van der Waals surface area contributed by atoms with E-state index < -0.39 is 5.97 Å². The van der Waals surface area contributed by atoms with E-state index in [2.05, 4.69) is 32.9 Å². The Bertz CT molecular complexity index is 1020. The molecule has 1 heterocycles. The lowest BCUT2D eigenvalue weighted by atomic mass is 9.87. The van der Waals surface area contributed by atoms with Crippen molar-refractivity contribution >= 4 is 46.3 Å². The second kappa shape index (κ2) is 9.66. The number of amides is 1. The molecule has 5 nitrogen and oxygen atoms in total. The van der Waals surface area contributed by atoms with Crippen molar-refractivity contribution in [3.05, 3.63) is 64.6 Å². The maximum atomic E-state index is 12.7. The minimum Gasteiger partial charge on any atom is -0.481 e. The first-order valence-electron chi connectivity index (χ1n) is 9.99. The van der Waals surface area contributed by atoms with Crippen LogP contribution in [0.5, 0.6) is 11.5 Å². The summed E-state index contributed by atoms with van der Waals surface area (Å²) in [5, 5.41) is 8.78. The largest absolute Gasteiger partial charge is 0.481 e. The van der Waals surface area contributed by atoms with Crippen LogP contribution in [-0.2, 0) is 15.0 Å². The summed E-state index contributed by atoms with van der Waals surface area (Å²) in [6.07, 6.45) is 2.16. The Kier molecular flexibility index (Phi) is 7.18. The highest BCUT2D eigenvalue weighted by Crippen LogP contribution is 2.33. The molecule has 162 valence electrons. The van der Waals surface area contributed by atoms with Crippen molar-refractivity contribution in [1.29, 1.82) is 0 Å². The first kappa shape index (κ1) is 23.0. The fourth-order valence-corrected chi connectivity index (χ4v) is 4.37. The molecule has 0 bridgehead atoms. The number of benzene rings is 2. The molecule has 0 aliphatic carbocycles. The number of carboxylic acid groups (broad SMARTS) is 1. The Morgan fingerprint density at radius 1 is 1.16 bits per heavy atom. The lowest BCUT2D eigenvalue weighted by Crippen LogP contribution is -2.29. The normalized spacial score (nSPS) is 15.6. The molecule has 1 aliphatic rings. The van der Waals surface area contributed by atoms with Crippen molar-refractivity contribution in [2.45, 2.75) is 39.0 Å². The Hall–Kier alpha value is -2.64. The number of carboxylic acids is 1. The van der Waals surface area contributed by atoms with Crippen molar-refractivity contribution < 1.29 is 19.4 Å². The average Bonchev–Trinajstić information content (AvgIpc) is 2.95. The lowest BCUT2D eigenvalue weighted by molar-refractivity contribution is -0.137. The van der Waals surface area contributed by atoms with Gasteiger partial charge in [0.1, 0.15) is 15.8 Å². The highest BCUT2D eigenvalue weighted by molar-refractivity contribution is 8.26. The molecule has 7 heteroatoms. The monoisotopic (exact) mass is 455 g/mol. The third kappa shape index (κ3) is 6.18. The summed E-state index contributed by atoms with van der Waals surface area (Å²) in [5.74, 6) is 0.347. The van der Waals surface area contributed by atoms with Crippen LogP contribution in [0, 0.1) is 0 Å². The van der Waals surface area contributed by atoms with Gasteiger partial charge in [0, 0.05) is 13.0 Å². The van der Waals surface area contributed by atoms with Crippen LogP contribution >= 0.6 is 24.0 Å². The van der Waals surface area contributed by atoms with Gasteiger partial charge in [0.2, 0.25) is 0 Å². The van der Waals surface area contributed by atoms with Gasteiger partial charge in [-0.05, 0) is 53.3 Å². The number of carbonyl (C=O) groups excluding carboxylic acids is 1. The Morgan fingerprint density at radius 3 is 2.52 bits per heavy atom. The molecule has 1 saturated heterocycles. The van der Waals surface area contributed by atoms with Gasteiger partial charge in [0.05, 0.1) is 4.91 Å². The maximum Gasteiger partial charge on any atom is 0.303 e. The van der Waals surface area contributed by atoms with E-state index in [-0.39, 0.29) is 17.7 Å². The number of ether oxygens (including phenoxy) is 1. The summed E-state index contributed by atoms with van der Waals surface area (Å²) in [6.45, 7) is 6.81. The van der Waals surface area contributed by atoms with Gasteiger partial charge in [0.25, 0.3) is 5.91 Å². The zero-order chi connectivity index (χ0) is 22.6.